The van der Waals surface area contributed by atoms with E-state index in [1.807, 2.05) is 6.92 Å². The molecule has 1 aliphatic rings. The van der Waals surface area contributed by atoms with E-state index >= 15 is 0 Å². The average Bonchev–Trinajstić information content (AvgIpc) is 2.50. The minimum Gasteiger partial charge on any atom is -0.315 e. The predicted octanol–water partition coefficient (Wildman–Crippen LogP) is 1.52. The monoisotopic (exact) mass is 307 g/mol. The normalized spacial score (nSPS) is 19.4. The van der Waals surface area contributed by atoms with Crippen LogP contribution in [0.2, 0.25) is 0 Å². The van der Waals surface area contributed by atoms with Crippen molar-refractivity contribution < 1.29 is 8.42 Å². The zero-order chi connectivity index (χ0) is 15.3. The molecule has 1 aromatic rings. The maximum absolute atomic E-state index is 12.8. The summed E-state index contributed by atoms with van der Waals surface area (Å²) in [7, 11) is -3.47. The van der Waals surface area contributed by atoms with Crippen LogP contribution >= 0.6 is 0 Å². The number of hydrogen-bond donors (Lipinski definition) is 1. The fraction of sp³-hybridized carbons (Fsp3) is 0.533. The molecule has 1 saturated heterocycles. The molecule has 0 aromatic heterocycles. The second-order valence-corrected chi connectivity index (χ2v) is 7.08. The molecule has 114 valence electrons. The van der Waals surface area contributed by atoms with Gasteiger partial charge in [0.15, 0.2) is 0 Å². The van der Waals surface area contributed by atoms with Crippen LogP contribution in [-0.2, 0) is 16.4 Å². The van der Waals surface area contributed by atoms with E-state index in [0.29, 0.717) is 24.4 Å². The lowest BCUT2D eigenvalue weighted by Gasteiger charge is -2.33. The van der Waals surface area contributed by atoms with Crippen molar-refractivity contribution in [1.29, 1.82) is 5.26 Å². The Labute approximate surface area is 126 Å². The first-order valence-corrected chi connectivity index (χ1v) is 8.72. The molecular formula is C15H21N3O2S. The van der Waals surface area contributed by atoms with Crippen LogP contribution in [0.1, 0.15) is 25.3 Å². The van der Waals surface area contributed by atoms with E-state index in [-0.39, 0.29) is 6.04 Å². The number of benzene rings is 1. The van der Waals surface area contributed by atoms with Gasteiger partial charge in [-0.25, -0.2) is 8.42 Å². The SMILES string of the molecule is CCN(C1CCCNC1)S(=O)(=O)c1ccc(CC#N)cc1. The van der Waals surface area contributed by atoms with Crippen LogP contribution in [-0.4, -0.2) is 38.4 Å². The molecule has 21 heavy (non-hydrogen) atoms. The Hall–Kier alpha value is -1.42. The Morgan fingerprint density at radius 1 is 1.38 bits per heavy atom. The highest BCUT2D eigenvalue weighted by Gasteiger charge is 2.30. The third-order valence-corrected chi connectivity index (χ3v) is 5.84. The molecule has 1 fully saturated rings. The molecule has 1 aliphatic heterocycles. The van der Waals surface area contributed by atoms with Crippen molar-refractivity contribution in [2.45, 2.75) is 37.1 Å². The van der Waals surface area contributed by atoms with E-state index in [9.17, 15) is 8.42 Å². The van der Waals surface area contributed by atoms with E-state index in [4.69, 9.17) is 5.26 Å². The van der Waals surface area contributed by atoms with Crippen molar-refractivity contribution in [3.63, 3.8) is 0 Å². The van der Waals surface area contributed by atoms with Gasteiger partial charge in [0.1, 0.15) is 0 Å². The van der Waals surface area contributed by atoms with Gasteiger partial charge >= 0.3 is 0 Å². The number of piperidine rings is 1. The molecule has 2 rings (SSSR count). The van der Waals surface area contributed by atoms with E-state index in [1.165, 1.54) is 0 Å². The van der Waals surface area contributed by atoms with Crippen molar-refractivity contribution >= 4 is 10.0 Å². The van der Waals surface area contributed by atoms with Gasteiger partial charge in [-0.05, 0) is 37.1 Å². The predicted molar refractivity (Wildman–Crippen MR) is 81.2 cm³/mol. The van der Waals surface area contributed by atoms with Gasteiger partial charge in [-0.3, -0.25) is 0 Å². The standard InChI is InChI=1S/C15H21N3O2S/c1-2-18(14-4-3-11-17-12-14)21(19,20)15-7-5-13(6-8-15)9-10-16/h5-8,14,17H,2-4,9,11-12H2,1H3. The highest BCUT2D eigenvalue weighted by atomic mass is 32.2. The molecule has 1 heterocycles. The van der Waals surface area contributed by atoms with E-state index in [1.54, 1.807) is 28.6 Å². The summed E-state index contributed by atoms with van der Waals surface area (Å²) in [6.45, 7) is 4.00. The minimum absolute atomic E-state index is 0.0209. The summed E-state index contributed by atoms with van der Waals surface area (Å²) in [6, 6.07) is 8.70. The van der Waals surface area contributed by atoms with Crippen LogP contribution in [0.15, 0.2) is 29.2 Å². The number of likely N-dealkylation sites (N-methyl/N-ethyl adjacent to an activating group) is 1. The van der Waals surface area contributed by atoms with Crippen molar-refractivity contribution in [3.8, 4) is 6.07 Å². The van der Waals surface area contributed by atoms with Gasteiger partial charge in [0, 0.05) is 19.1 Å². The van der Waals surface area contributed by atoms with Gasteiger partial charge < -0.3 is 5.32 Å². The van der Waals surface area contributed by atoms with Gasteiger partial charge in [-0.1, -0.05) is 19.1 Å². The second-order valence-electron chi connectivity index (χ2n) is 5.19. The molecule has 1 N–H and O–H groups in total. The Balaban J connectivity index is 2.24. The molecule has 6 heteroatoms. The highest BCUT2D eigenvalue weighted by Crippen LogP contribution is 2.21. The lowest BCUT2D eigenvalue weighted by Crippen LogP contribution is -2.48. The fourth-order valence-electron chi connectivity index (χ4n) is 2.71. The van der Waals surface area contributed by atoms with Gasteiger partial charge in [-0.2, -0.15) is 9.57 Å². The van der Waals surface area contributed by atoms with Crippen molar-refractivity contribution in [2.24, 2.45) is 0 Å². The Bertz CT molecular complexity index is 599. The summed E-state index contributed by atoms with van der Waals surface area (Å²) in [4.78, 5) is 0.302. The van der Waals surface area contributed by atoms with Crippen molar-refractivity contribution in [2.75, 3.05) is 19.6 Å². The zero-order valence-electron chi connectivity index (χ0n) is 12.2. The van der Waals surface area contributed by atoms with Crippen molar-refractivity contribution in [3.05, 3.63) is 29.8 Å². The Morgan fingerprint density at radius 3 is 2.62 bits per heavy atom. The van der Waals surface area contributed by atoms with Crippen LogP contribution in [0, 0.1) is 11.3 Å². The average molecular weight is 307 g/mol. The number of sulfonamides is 1. The topological polar surface area (TPSA) is 73.2 Å². The van der Waals surface area contributed by atoms with Gasteiger partial charge in [0.25, 0.3) is 0 Å². The number of hydrogen-bond acceptors (Lipinski definition) is 4. The minimum atomic E-state index is -3.47. The molecule has 5 nitrogen and oxygen atoms in total. The van der Waals surface area contributed by atoms with Gasteiger partial charge in [-0.15, -0.1) is 0 Å². The maximum Gasteiger partial charge on any atom is 0.243 e. The molecule has 0 aliphatic carbocycles. The molecule has 0 bridgehead atoms. The zero-order valence-corrected chi connectivity index (χ0v) is 13.1. The van der Waals surface area contributed by atoms with Crippen LogP contribution in [0.25, 0.3) is 0 Å². The van der Waals surface area contributed by atoms with Crippen LogP contribution < -0.4 is 5.32 Å². The molecular weight excluding hydrogens is 286 g/mol. The van der Waals surface area contributed by atoms with Crippen LogP contribution in [0.5, 0.6) is 0 Å². The van der Waals surface area contributed by atoms with E-state index in [0.717, 1.165) is 24.9 Å². The summed E-state index contributed by atoms with van der Waals surface area (Å²) < 4.78 is 27.1. The Morgan fingerprint density at radius 2 is 2.10 bits per heavy atom. The molecule has 0 amide bonds. The lowest BCUT2D eigenvalue weighted by atomic mass is 10.1. The van der Waals surface area contributed by atoms with Crippen molar-refractivity contribution in [1.82, 2.24) is 9.62 Å². The largest absolute Gasteiger partial charge is 0.315 e. The molecule has 1 atom stereocenters. The summed E-state index contributed by atoms with van der Waals surface area (Å²) in [6.07, 6.45) is 2.19. The number of nitriles is 1. The lowest BCUT2D eigenvalue weighted by molar-refractivity contribution is 0.274. The summed E-state index contributed by atoms with van der Waals surface area (Å²) in [5.74, 6) is 0. The van der Waals surface area contributed by atoms with Gasteiger partial charge in [0.2, 0.25) is 10.0 Å². The number of rotatable bonds is 5. The highest BCUT2D eigenvalue weighted by molar-refractivity contribution is 7.89. The number of nitrogens with zero attached hydrogens (tertiary/aromatic N) is 2. The van der Waals surface area contributed by atoms with Crippen LogP contribution in [0.3, 0.4) is 0 Å². The third kappa shape index (κ3) is 3.62. The first-order chi connectivity index (χ1) is 10.1. The second kappa shape index (κ2) is 7.03. The first-order valence-electron chi connectivity index (χ1n) is 7.28. The summed E-state index contributed by atoms with van der Waals surface area (Å²) in [5.41, 5.74) is 0.832. The van der Waals surface area contributed by atoms with E-state index < -0.39 is 10.0 Å². The molecule has 0 saturated carbocycles. The summed E-state index contributed by atoms with van der Waals surface area (Å²) >= 11 is 0. The maximum atomic E-state index is 12.8. The number of nitrogens with one attached hydrogen (secondary N) is 1. The molecule has 0 radical (unpaired) electrons. The third-order valence-electron chi connectivity index (χ3n) is 3.80. The first kappa shape index (κ1) is 16.0. The fourth-order valence-corrected chi connectivity index (χ4v) is 4.37. The smallest absolute Gasteiger partial charge is 0.243 e. The molecule has 1 unspecified atom stereocenters. The summed E-state index contributed by atoms with van der Waals surface area (Å²) in [5, 5.41) is 11.9. The van der Waals surface area contributed by atoms with Crippen LogP contribution in [0.4, 0.5) is 0 Å². The molecule has 0 spiro atoms. The quantitative estimate of drug-likeness (QED) is 0.895. The molecule has 1 aromatic carbocycles. The van der Waals surface area contributed by atoms with Gasteiger partial charge in [0.05, 0.1) is 17.4 Å². The van der Waals surface area contributed by atoms with E-state index in [2.05, 4.69) is 11.4 Å². The Kier molecular flexibility index (Phi) is 5.34.